The van der Waals surface area contributed by atoms with Gasteiger partial charge < -0.3 is 10.1 Å². The van der Waals surface area contributed by atoms with Gasteiger partial charge in [-0.05, 0) is 49.6 Å². The fourth-order valence-electron chi connectivity index (χ4n) is 3.45. The van der Waals surface area contributed by atoms with Crippen molar-refractivity contribution >= 4 is 17.2 Å². The molecule has 0 aliphatic carbocycles. The number of rotatable bonds is 6. The highest BCUT2D eigenvalue weighted by atomic mass is 19.1. The van der Waals surface area contributed by atoms with Gasteiger partial charge in [0.1, 0.15) is 11.5 Å². The maximum Gasteiger partial charge on any atom is 0.293 e. The molecular formula is C20H21FN2O4. The summed E-state index contributed by atoms with van der Waals surface area (Å²) >= 11 is 0. The first kappa shape index (κ1) is 19.0. The van der Waals surface area contributed by atoms with Crippen molar-refractivity contribution in [1.29, 1.82) is 0 Å². The van der Waals surface area contributed by atoms with E-state index >= 15 is 0 Å². The van der Waals surface area contributed by atoms with Crippen LogP contribution in [0, 0.1) is 15.9 Å². The number of carbonyl (C=O) groups excluding carboxylic acids is 1. The molecule has 7 heteroatoms. The lowest BCUT2D eigenvalue weighted by atomic mass is 9.74. The Bertz CT molecular complexity index is 846. The predicted octanol–water partition coefficient (Wildman–Crippen LogP) is 4.10. The van der Waals surface area contributed by atoms with Crippen LogP contribution in [-0.2, 0) is 10.2 Å². The Balaban J connectivity index is 1.89. The maximum absolute atomic E-state index is 13.3. The lowest BCUT2D eigenvalue weighted by Gasteiger charge is -2.38. The van der Waals surface area contributed by atoms with E-state index in [1.807, 2.05) is 0 Å². The number of carbonyl (C=O) groups is 1. The fraction of sp³-hybridized carbons (Fsp3) is 0.350. The van der Waals surface area contributed by atoms with Crippen molar-refractivity contribution in [3.05, 3.63) is 69.5 Å². The molecule has 0 radical (unpaired) electrons. The van der Waals surface area contributed by atoms with E-state index in [0.717, 1.165) is 18.4 Å². The molecule has 1 N–H and O–H groups in total. The summed E-state index contributed by atoms with van der Waals surface area (Å²) in [5.74, 6) is -0.527. The fourth-order valence-corrected chi connectivity index (χ4v) is 3.45. The number of hydrogen-bond acceptors (Lipinski definition) is 5. The summed E-state index contributed by atoms with van der Waals surface area (Å²) in [6, 6.07) is 10.8. The minimum atomic E-state index is -0.497. The molecular weight excluding hydrogens is 351 g/mol. The third-order valence-electron chi connectivity index (χ3n) is 5.12. The van der Waals surface area contributed by atoms with E-state index in [0.29, 0.717) is 31.0 Å². The lowest BCUT2D eigenvalue weighted by molar-refractivity contribution is -0.384. The molecule has 0 atom stereocenters. The lowest BCUT2D eigenvalue weighted by Crippen LogP contribution is -2.40. The van der Waals surface area contributed by atoms with Gasteiger partial charge in [-0.3, -0.25) is 14.9 Å². The van der Waals surface area contributed by atoms with E-state index in [1.54, 1.807) is 24.3 Å². The normalized spacial score (nSPS) is 15.9. The minimum Gasteiger partial charge on any atom is -0.381 e. The van der Waals surface area contributed by atoms with Crippen molar-refractivity contribution in [2.45, 2.75) is 25.2 Å². The van der Waals surface area contributed by atoms with Crippen LogP contribution in [-0.4, -0.2) is 30.5 Å². The van der Waals surface area contributed by atoms with Crippen molar-refractivity contribution in [2.75, 3.05) is 25.1 Å². The number of ketones is 1. The zero-order valence-corrected chi connectivity index (χ0v) is 15.0. The number of nitro benzene ring substituents is 1. The van der Waals surface area contributed by atoms with Gasteiger partial charge >= 0.3 is 0 Å². The number of ether oxygens (including phenoxy) is 1. The number of nitro groups is 1. The van der Waals surface area contributed by atoms with Crippen molar-refractivity contribution < 1.29 is 18.8 Å². The van der Waals surface area contributed by atoms with Gasteiger partial charge in [0.2, 0.25) is 0 Å². The maximum atomic E-state index is 13.3. The summed E-state index contributed by atoms with van der Waals surface area (Å²) in [7, 11) is 0. The molecule has 142 valence electrons. The van der Waals surface area contributed by atoms with Gasteiger partial charge in [0, 0.05) is 36.8 Å². The zero-order valence-electron chi connectivity index (χ0n) is 15.0. The molecule has 0 amide bonds. The molecule has 3 rings (SSSR count). The van der Waals surface area contributed by atoms with E-state index in [9.17, 15) is 19.3 Å². The smallest absolute Gasteiger partial charge is 0.293 e. The summed E-state index contributed by atoms with van der Waals surface area (Å²) in [5, 5.41) is 14.6. The van der Waals surface area contributed by atoms with Crippen LogP contribution in [0.4, 0.5) is 15.8 Å². The second-order valence-electron chi connectivity index (χ2n) is 6.80. The number of benzene rings is 2. The molecule has 2 aromatic rings. The first-order chi connectivity index (χ1) is 12.9. The molecule has 0 bridgehead atoms. The van der Waals surface area contributed by atoms with Crippen molar-refractivity contribution in [3.63, 3.8) is 0 Å². The van der Waals surface area contributed by atoms with Crippen LogP contribution >= 0.6 is 0 Å². The topological polar surface area (TPSA) is 81.5 Å². The van der Waals surface area contributed by atoms with Gasteiger partial charge in [0.15, 0.2) is 5.78 Å². The largest absolute Gasteiger partial charge is 0.381 e. The van der Waals surface area contributed by atoms with E-state index in [1.165, 1.54) is 25.1 Å². The Labute approximate surface area is 156 Å². The molecule has 27 heavy (non-hydrogen) atoms. The molecule has 1 aliphatic heterocycles. The van der Waals surface area contributed by atoms with E-state index in [4.69, 9.17) is 4.74 Å². The first-order valence-electron chi connectivity index (χ1n) is 8.78. The zero-order chi connectivity index (χ0) is 19.4. The minimum absolute atomic E-state index is 0.135. The molecule has 0 aromatic heterocycles. The van der Waals surface area contributed by atoms with Crippen LogP contribution < -0.4 is 5.32 Å². The van der Waals surface area contributed by atoms with E-state index < -0.39 is 4.92 Å². The molecule has 0 unspecified atom stereocenters. The van der Waals surface area contributed by atoms with Gasteiger partial charge in [-0.25, -0.2) is 4.39 Å². The van der Waals surface area contributed by atoms with Crippen LogP contribution in [0.5, 0.6) is 0 Å². The van der Waals surface area contributed by atoms with Crippen LogP contribution in [0.1, 0.15) is 35.7 Å². The molecule has 0 saturated carbocycles. The van der Waals surface area contributed by atoms with Crippen LogP contribution in [0.2, 0.25) is 0 Å². The van der Waals surface area contributed by atoms with Gasteiger partial charge in [0.05, 0.1) is 4.92 Å². The number of anilines is 1. The van der Waals surface area contributed by atoms with Crippen LogP contribution in [0.15, 0.2) is 42.5 Å². The van der Waals surface area contributed by atoms with Gasteiger partial charge in [-0.1, -0.05) is 12.1 Å². The molecule has 1 fully saturated rings. The Morgan fingerprint density at radius 2 is 1.89 bits per heavy atom. The third-order valence-corrected chi connectivity index (χ3v) is 5.12. The standard InChI is InChI=1S/C20H21FN2O4/c1-14(24)15-2-7-18(19(12-15)23(25)26)22-13-20(8-10-27-11-9-20)16-3-5-17(21)6-4-16/h2-7,12,22H,8-11,13H2,1H3. The summed E-state index contributed by atoms with van der Waals surface area (Å²) < 4.78 is 18.8. The number of Topliss-reactive ketones (excluding diaryl/α,β-unsaturated/α-hetero) is 1. The number of hydrogen-bond donors (Lipinski definition) is 1. The van der Waals surface area contributed by atoms with Gasteiger partial charge in [0.25, 0.3) is 5.69 Å². The Hall–Kier alpha value is -2.80. The predicted molar refractivity (Wildman–Crippen MR) is 99.7 cm³/mol. The molecule has 1 aliphatic rings. The average molecular weight is 372 g/mol. The Morgan fingerprint density at radius 1 is 1.22 bits per heavy atom. The SMILES string of the molecule is CC(=O)c1ccc(NCC2(c3ccc(F)cc3)CCOCC2)c([N+](=O)[O-])c1. The quantitative estimate of drug-likeness (QED) is 0.469. The van der Waals surface area contributed by atoms with Gasteiger partial charge in [-0.2, -0.15) is 0 Å². The van der Waals surface area contributed by atoms with E-state index in [2.05, 4.69) is 5.32 Å². The summed E-state index contributed by atoms with van der Waals surface area (Å²) in [5.41, 5.74) is 1.19. The molecule has 6 nitrogen and oxygen atoms in total. The molecule has 1 heterocycles. The summed E-state index contributed by atoms with van der Waals surface area (Å²) in [6.45, 7) is 2.97. The second kappa shape index (κ2) is 7.84. The highest BCUT2D eigenvalue weighted by molar-refractivity contribution is 5.95. The molecule has 2 aromatic carbocycles. The second-order valence-corrected chi connectivity index (χ2v) is 6.80. The average Bonchev–Trinajstić information content (AvgIpc) is 2.67. The Kier molecular flexibility index (Phi) is 5.51. The van der Waals surface area contributed by atoms with Crippen molar-refractivity contribution in [1.82, 2.24) is 0 Å². The van der Waals surface area contributed by atoms with Crippen LogP contribution in [0.3, 0.4) is 0 Å². The first-order valence-corrected chi connectivity index (χ1v) is 8.78. The summed E-state index contributed by atoms with van der Waals surface area (Å²) in [4.78, 5) is 22.4. The monoisotopic (exact) mass is 372 g/mol. The number of nitrogens with zero attached hydrogens (tertiary/aromatic N) is 1. The molecule has 1 saturated heterocycles. The van der Waals surface area contributed by atoms with Crippen molar-refractivity contribution in [2.24, 2.45) is 0 Å². The highest BCUT2D eigenvalue weighted by Crippen LogP contribution is 2.36. The molecule has 0 spiro atoms. The van der Waals surface area contributed by atoms with Crippen molar-refractivity contribution in [3.8, 4) is 0 Å². The third kappa shape index (κ3) is 4.14. The highest BCUT2D eigenvalue weighted by Gasteiger charge is 2.35. The number of halogens is 1. The van der Waals surface area contributed by atoms with Gasteiger partial charge in [-0.15, -0.1) is 0 Å². The number of nitrogens with one attached hydrogen (secondary N) is 1. The summed E-state index contributed by atoms with van der Waals surface area (Å²) in [6.07, 6.45) is 1.45. The Morgan fingerprint density at radius 3 is 2.48 bits per heavy atom. The van der Waals surface area contributed by atoms with E-state index in [-0.39, 0.29) is 22.7 Å². The van der Waals surface area contributed by atoms with Crippen LogP contribution in [0.25, 0.3) is 0 Å².